The molecule has 1 nitrogen and oxygen atoms in total. The van der Waals surface area contributed by atoms with Crippen molar-refractivity contribution in [3.8, 4) is 0 Å². The molecule has 0 radical (unpaired) electrons. The van der Waals surface area contributed by atoms with Crippen LogP contribution in [0.3, 0.4) is 0 Å². The van der Waals surface area contributed by atoms with E-state index in [0.29, 0.717) is 5.92 Å². The summed E-state index contributed by atoms with van der Waals surface area (Å²) >= 11 is 0. The maximum absolute atomic E-state index is 9.83. The predicted molar refractivity (Wildman–Crippen MR) is 65.8 cm³/mol. The summed E-state index contributed by atoms with van der Waals surface area (Å²) in [6, 6.07) is 0. The molecule has 0 bridgehead atoms. The summed E-state index contributed by atoms with van der Waals surface area (Å²) in [7, 11) is 0. The fourth-order valence-corrected chi connectivity index (χ4v) is 3.41. The molecule has 1 aliphatic rings. The molecule has 0 spiro atoms. The zero-order chi connectivity index (χ0) is 11.6. The lowest BCUT2D eigenvalue weighted by atomic mass is 9.66. The molecule has 0 fully saturated rings. The van der Waals surface area contributed by atoms with E-state index in [9.17, 15) is 5.11 Å². The van der Waals surface area contributed by atoms with Crippen molar-refractivity contribution in [1.29, 1.82) is 0 Å². The second kappa shape index (κ2) is 4.69. The predicted octanol–water partition coefficient (Wildman–Crippen LogP) is 3.92. The third-order valence-corrected chi connectivity index (χ3v) is 3.87. The first kappa shape index (κ1) is 12.8. The summed E-state index contributed by atoms with van der Waals surface area (Å²) in [5, 5.41) is 9.83. The van der Waals surface area contributed by atoms with Gasteiger partial charge in [-0.25, -0.2) is 0 Å². The number of rotatable bonds is 3. The van der Waals surface area contributed by atoms with Gasteiger partial charge < -0.3 is 5.11 Å². The molecule has 0 amide bonds. The van der Waals surface area contributed by atoms with Crippen molar-refractivity contribution >= 4 is 0 Å². The van der Waals surface area contributed by atoms with Gasteiger partial charge in [0.1, 0.15) is 0 Å². The molecule has 1 aliphatic carbocycles. The van der Waals surface area contributed by atoms with Gasteiger partial charge in [-0.1, -0.05) is 38.8 Å². The molecule has 0 saturated carbocycles. The molecular formula is C14H26O. The van der Waals surface area contributed by atoms with E-state index in [1.54, 1.807) is 5.57 Å². The molecule has 1 heteroatoms. The van der Waals surface area contributed by atoms with E-state index >= 15 is 0 Å². The van der Waals surface area contributed by atoms with Crippen molar-refractivity contribution in [1.82, 2.24) is 0 Å². The van der Waals surface area contributed by atoms with E-state index in [1.807, 2.05) is 0 Å². The van der Waals surface area contributed by atoms with E-state index in [4.69, 9.17) is 0 Å². The van der Waals surface area contributed by atoms with Crippen molar-refractivity contribution in [2.45, 2.75) is 66.4 Å². The Bertz CT molecular complexity index is 246. The fourth-order valence-electron chi connectivity index (χ4n) is 3.41. The Morgan fingerprint density at radius 1 is 1.33 bits per heavy atom. The molecule has 0 aromatic heterocycles. The highest BCUT2D eigenvalue weighted by atomic mass is 16.3. The van der Waals surface area contributed by atoms with Crippen molar-refractivity contribution in [3.63, 3.8) is 0 Å². The normalized spacial score (nSPS) is 26.2. The Balaban J connectivity index is 3.05. The van der Waals surface area contributed by atoms with Gasteiger partial charge in [-0.05, 0) is 43.9 Å². The van der Waals surface area contributed by atoms with Crippen LogP contribution in [0.25, 0.3) is 0 Å². The molecular weight excluding hydrogens is 184 g/mol. The second-order valence-corrected chi connectivity index (χ2v) is 5.65. The van der Waals surface area contributed by atoms with Crippen molar-refractivity contribution in [2.24, 2.45) is 11.3 Å². The maximum atomic E-state index is 9.83. The molecule has 15 heavy (non-hydrogen) atoms. The molecule has 0 aromatic carbocycles. The van der Waals surface area contributed by atoms with Gasteiger partial charge in [-0.15, -0.1) is 0 Å². The first-order chi connectivity index (χ1) is 6.92. The third kappa shape index (κ3) is 2.63. The van der Waals surface area contributed by atoms with E-state index in [-0.39, 0.29) is 11.5 Å². The molecule has 1 rings (SSSR count). The molecule has 88 valence electrons. The van der Waals surface area contributed by atoms with Crippen LogP contribution in [0.15, 0.2) is 11.1 Å². The molecule has 1 unspecified atom stereocenters. The zero-order valence-corrected chi connectivity index (χ0v) is 10.9. The average Bonchev–Trinajstić information content (AvgIpc) is 2.09. The van der Waals surface area contributed by atoms with Gasteiger partial charge in [0, 0.05) is 0 Å². The monoisotopic (exact) mass is 210 g/mol. The summed E-state index contributed by atoms with van der Waals surface area (Å²) in [5.74, 6) is 0.715. The van der Waals surface area contributed by atoms with Crippen LogP contribution in [0, 0.1) is 11.3 Å². The van der Waals surface area contributed by atoms with Crippen LogP contribution in [-0.2, 0) is 0 Å². The largest absolute Gasteiger partial charge is 0.393 e. The summed E-state index contributed by atoms with van der Waals surface area (Å²) in [4.78, 5) is 0. The van der Waals surface area contributed by atoms with E-state index in [2.05, 4.69) is 34.6 Å². The smallest absolute Gasteiger partial charge is 0.0585 e. The summed E-state index contributed by atoms with van der Waals surface area (Å²) < 4.78 is 0. The zero-order valence-electron chi connectivity index (χ0n) is 10.9. The van der Waals surface area contributed by atoms with Crippen molar-refractivity contribution in [2.75, 3.05) is 0 Å². The van der Waals surface area contributed by atoms with Crippen LogP contribution in [-0.4, -0.2) is 11.2 Å². The molecule has 1 atom stereocenters. The van der Waals surface area contributed by atoms with E-state index < -0.39 is 0 Å². The Morgan fingerprint density at radius 3 is 2.27 bits per heavy atom. The topological polar surface area (TPSA) is 20.2 Å². The van der Waals surface area contributed by atoms with Crippen molar-refractivity contribution in [3.05, 3.63) is 11.1 Å². The summed E-state index contributed by atoms with van der Waals surface area (Å²) in [5.41, 5.74) is 3.25. The van der Waals surface area contributed by atoms with Crippen LogP contribution in [0.5, 0.6) is 0 Å². The minimum Gasteiger partial charge on any atom is -0.393 e. The molecule has 0 aromatic rings. The molecule has 0 saturated heterocycles. The molecule has 1 N–H and O–H groups in total. The minimum absolute atomic E-state index is 0.127. The van der Waals surface area contributed by atoms with Gasteiger partial charge in [0.15, 0.2) is 0 Å². The van der Waals surface area contributed by atoms with Crippen molar-refractivity contribution < 1.29 is 5.11 Å². The van der Waals surface area contributed by atoms with Crippen LogP contribution in [0.4, 0.5) is 0 Å². The van der Waals surface area contributed by atoms with Gasteiger partial charge >= 0.3 is 0 Å². The molecule has 0 aliphatic heterocycles. The first-order valence-corrected chi connectivity index (χ1v) is 6.30. The van der Waals surface area contributed by atoms with Gasteiger partial charge in [0.2, 0.25) is 0 Å². The quantitative estimate of drug-likeness (QED) is 0.700. The minimum atomic E-state index is -0.127. The van der Waals surface area contributed by atoms with Crippen LogP contribution in [0.1, 0.15) is 60.3 Å². The lowest BCUT2D eigenvalue weighted by molar-refractivity contribution is 0.108. The van der Waals surface area contributed by atoms with E-state index in [1.165, 1.54) is 18.4 Å². The van der Waals surface area contributed by atoms with Crippen LogP contribution >= 0.6 is 0 Å². The Morgan fingerprint density at radius 2 is 1.87 bits per heavy atom. The van der Waals surface area contributed by atoms with E-state index in [0.717, 1.165) is 12.8 Å². The SMILES string of the molecule is CCC(CC)C1=C(C)CC(O)CC1(C)C. The Hall–Kier alpha value is -0.300. The number of aliphatic hydroxyl groups excluding tert-OH is 1. The first-order valence-electron chi connectivity index (χ1n) is 6.30. The van der Waals surface area contributed by atoms with Gasteiger partial charge in [-0.2, -0.15) is 0 Å². The van der Waals surface area contributed by atoms with Gasteiger partial charge in [-0.3, -0.25) is 0 Å². The lowest BCUT2D eigenvalue weighted by Crippen LogP contribution is -2.32. The summed E-state index contributed by atoms with van der Waals surface area (Å²) in [6.07, 6.45) is 4.13. The van der Waals surface area contributed by atoms with Crippen LogP contribution in [0.2, 0.25) is 0 Å². The average molecular weight is 210 g/mol. The lowest BCUT2D eigenvalue weighted by Gasteiger charge is -2.40. The second-order valence-electron chi connectivity index (χ2n) is 5.65. The highest BCUT2D eigenvalue weighted by molar-refractivity contribution is 5.26. The third-order valence-electron chi connectivity index (χ3n) is 3.87. The highest BCUT2D eigenvalue weighted by Crippen LogP contribution is 2.45. The number of allylic oxidation sites excluding steroid dienone is 1. The van der Waals surface area contributed by atoms with Crippen LogP contribution < -0.4 is 0 Å². The molecule has 0 heterocycles. The van der Waals surface area contributed by atoms with Gasteiger partial charge in [0.25, 0.3) is 0 Å². The van der Waals surface area contributed by atoms with Gasteiger partial charge in [0.05, 0.1) is 6.10 Å². The highest BCUT2D eigenvalue weighted by Gasteiger charge is 2.35. The Kier molecular flexibility index (Phi) is 3.99. The number of hydrogen-bond donors (Lipinski definition) is 1. The summed E-state index contributed by atoms with van der Waals surface area (Å²) in [6.45, 7) is 11.3. The fraction of sp³-hybridized carbons (Fsp3) is 0.857. The number of aliphatic hydroxyl groups is 1. The Labute approximate surface area is 94.6 Å². The maximum Gasteiger partial charge on any atom is 0.0585 e. The number of hydrogen-bond acceptors (Lipinski definition) is 1. The standard InChI is InChI=1S/C14H26O/c1-6-11(7-2)13-10(3)8-12(15)9-14(13,4)5/h11-12,15H,6-9H2,1-5H3.